The highest BCUT2D eigenvalue weighted by molar-refractivity contribution is 6.04. The lowest BCUT2D eigenvalue weighted by molar-refractivity contribution is -0.109. The Hall–Kier alpha value is -1.23. The van der Waals surface area contributed by atoms with Crippen LogP contribution in [-0.4, -0.2) is 5.78 Å². The van der Waals surface area contributed by atoms with Crippen molar-refractivity contribution in [2.75, 3.05) is 0 Å². The predicted molar refractivity (Wildman–Crippen MR) is 36.4 cm³/mol. The summed E-state index contributed by atoms with van der Waals surface area (Å²) >= 11 is 0. The van der Waals surface area contributed by atoms with Crippen LogP contribution in [0.1, 0.15) is 13.8 Å². The first kappa shape index (κ1) is 7.77. The van der Waals surface area contributed by atoms with Crippen LogP contribution in [0.3, 0.4) is 0 Å². The molecule has 0 rings (SSSR count). The third-order valence-electron chi connectivity index (χ3n) is 0.607. The second-order valence-corrected chi connectivity index (χ2v) is 1.63. The number of allylic oxidation sites excluding steroid dienone is 2. The molecule has 0 fully saturated rings. The molecular weight excluding hydrogens is 114 g/mol. The lowest BCUT2D eigenvalue weighted by Gasteiger charge is -1.82. The molecule has 2 heteroatoms. The Labute approximate surface area is 54.7 Å². The molecule has 0 aromatic rings. The molecule has 2 nitrogen and oxygen atoms in total. The summed E-state index contributed by atoms with van der Waals surface area (Å²) in [6.07, 6.45) is 1.30. The van der Waals surface area contributed by atoms with Crippen LogP contribution in [-0.2, 0) is 4.79 Å². The zero-order valence-electron chi connectivity index (χ0n) is 5.56. The molecule has 0 aromatic heterocycles. The van der Waals surface area contributed by atoms with Crippen LogP contribution in [0.2, 0.25) is 0 Å². The summed E-state index contributed by atoms with van der Waals surface area (Å²) in [6.45, 7) is 3.26. The van der Waals surface area contributed by atoms with E-state index in [4.69, 9.17) is 5.73 Å². The van der Waals surface area contributed by atoms with Crippen LogP contribution in [0, 0.1) is 11.8 Å². The van der Waals surface area contributed by atoms with Gasteiger partial charge in [-0.2, -0.15) is 0 Å². The van der Waals surface area contributed by atoms with Crippen molar-refractivity contribution in [3.8, 4) is 11.8 Å². The minimum Gasteiger partial charge on any atom is -0.402 e. The van der Waals surface area contributed by atoms with Gasteiger partial charge in [-0.15, -0.1) is 0 Å². The molecule has 0 atom stereocenters. The van der Waals surface area contributed by atoms with Crippen molar-refractivity contribution in [3.05, 3.63) is 11.8 Å². The molecule has 0 aliphatic heterocycles. The normalized spacial score (nSPS) is 9.78. The van der Waals surface area contributed by atoms with Crippen molar-refractivity contribution < 1.29 is 4.79 Å². The fourth-order valence-corrected chi connectivity index (χ4v) is 0.366. The SMILES string of the molecule is CC#CC(=O)/C=C(\C)N. The maximum absolute atomic E-state index is 10.5. The van der Waals surface area contributed by atoms with E-state index in [1.54, 1.807) is 13.8 Å². The summed E-state index contributed by atoms with van der Waals surface area (Å²) in [6, 6.07) is 0. The van der Waals surface area contributed by atoms with Gasteiger partial charge in [-0.3, -0.25) is 4.79 Å². The van der Waals surface area contributed by atoms with E-state index < -0.39 is 0 Å². The van der Waals surface area contributed by atoms with Crippen molar-refractivity contribution in [3.63, 3.8) is 0 Å². The van der Waals surface area contributed by atoms with Crippen LogP contribution >= 0.6 is 0 Å². The lowest BCUT2D eigenvalue weighted by atomic mass is 10.3. The smallest absolute Gasteiger partial charge is 0.230 e. The van der Waals surface area contributed by atoms with E-state index in [2.05, 4.69) is 11.8 Å². The molecule has 0 spiro atoms. The van der Waals surface area contributed by atoms with Crippen molar-refractivity contribution in [2.24, 2.45) is 5.73 Å². The molecule has 0 radical (unpaired) electrons. The highest BCUT2D eigenvalue weighted by atomic mass is 16.1. The minimum atomic E-state index is -0.238. The first-order chi connectivity index (χ1) is 4.16. The highest BCUT2D eigenvalue weighted by Gasteiger charge is 1.86. The number of carbonyl (C=O) groups is 1. The number of carbonyl (C=O) groups excluding carboxylic acids is 1. The summed E-state index contributed by atoms with van der Waals surface area (Å²) in [5.74, 6) is 4.57. The molecule has 0 amide bonds. The second-order valence-electron chi connectivity index (χ2n) is 1.63. The zero-order valence-corrected chi connectivity index (χ0v) is 5.56. The van der Waals surface area contributed by atoms with Crippen LogP contribution in [0.25, 0.3) is 0 Å². The molecule has 0 unspecified atom stereocenters. The van der Waals surface area contributed by atoms with Gasteiger partial charge in [0.2, 0.25) is 5.78 Å². The molecule has 0 saturated heterocycles. The maximum Gasteiger partial charge on any atom is 0.230 e. The number of hydrogen-bond acceptors (Lipinski definition) is 2. The molecule has 0 aromatic carbocycles. The van der Waals surface area contributed by atoms with Crippen LogP contribution < -0.4 is 5.73 Å². The number of rotatable bonds is 1. The van der Waals surface area contributed by atoms with Crippen LogP contribution in [0.5, 0.6) is 0 Å². The van der Waals surface area contributed by atoms with E-state index in [1.165, 1.54) is 6.08 Å². The Bertz CT molecular complexity index is 189. The average Bonchev–Trinajstić information content (AvgIpc) is 1.63. The van der Waals surface area contributed by atoms with Gasteiger partial charge in [-0.1, -0.05) is 5.92 Å². The standard InChI is InChI=1S/C7H9NO/c1-3-4-7(9)5-6(2)8/h5H,8H2,1-2H3/b6-5+. The van der Waals surface area contributed by atoms with Gasteiger partial charge in [0, 0.05) is 11.8 Å². The summed E-state index contributed by atoms with van der Waals surface area (Å²) < 4.78 is 0. The Morgan fingerprint density at radius 1 is 1.67 bits per heavy atom. The molecule has 9 heavy (non-hydrogen) atoms. The van der Waals surface area contributed by atoms with Crippen LogP contribution in [0.4, 0.5) is 0 Å². The topological polar surface area (TPSA) is 43.1 Å². The molecule has 0 aliphatic carbocycles. The third-order valence-corrected chi connectivity index (χ3v) is 0.607. The zero-order chi connectivity index (χ0) is 7.28. The predicted octanol–water partition coefficient (Wildman–Crippen LogP) is 0.441. The van der Waals surface area contributed by atoms with E-state index in [0.717, 1.165) is 0 Å². The summed E-state index contributed by atoms with van der Waals surface area (Å²) in [5, 5.41) is 0. The van der Waals surface area contributed by atoms with Crippen molar-refractivity contribution >= 4 is 5.78 Å². The van der Waals surface area contributed by atoms with Gasteiger partial charge in [-0.05, 0) is 19.8 Å². The average molecular weight is 123 g/mol. The molecule has 48 valence electrons. The monoisotopic (exact) mass is 123 g/mol. The fourth-order valence-electron chi connectivity index (χ4n) is 0.366. The molecular formula is C7H9NO. The minimum absolute atomic E-state index is 0.238. The lowest BCUT2D eigenvalue weighted by Crippen LogP contribution is -1.95. The van der Waals surface area contributed by atoms with Gasteiger partial charge < -0.3 is 5.73 Å². The second kappa shape index (κ2) is 3.73. The fraction of sp³-hybridized carbons (Fsp3) is 0.286. The Kier molecular flexibility index (Phi) is 3.22. The Balaban J connectivity index is 4.04. The van der Waals surface area contributed by atoms with E-state index in [-0.39, 0.29) is 5.78 Å². The third kappa shape index (κ3) is 4.63. The van der Waals surface area contributed by atoms with E-state index in [0.29, 0.717) is 5.70 Å². The first-order valence-corrected chi connectivity index (χ1v) is 2.57. The van der Waals surface area contributed by atoms with Crippen molar-refractivity contribution in [1.82, 2.24) is 0 Å². The largest absolute Gasteiger partial charge is 0.402 e. The summed E-state index contributed by atoms with van der Waals surface area (Å²) in [4.78, 5) is 10.5. The van der Waals surface area contributed by atoms with Gasteiger partial charge >= 0.3 is 0 Å². The maximum atomic E-state index is 10.5. The van der Waals surface area contributed by atoms with E-state index in [9.17, 15) is 4.79 Å². The highest BCUT2D eigenvalue weighted by Crippen LogP contribution is 1.79. The molecule has 0 bridgehead atoms. The van der Waals surface area contributed by atoms with Crippen LogP contribution in [0.15, 0.2) is 11.8 Å². The summed E-state index contributed by atoms with van der Waals surface area (Å²) in [5.41, 5.74) is 5.68. The number of ketones is 1. The molecule has 2 N–H and O–H groups in total. The molecule has 0 aliphatic rings. The number of nitrogens with two attached hydrogens (primary N) is 1. The number of hydrogen-bond donors (Lipinski definition) is 1. The van der Waals surface area contributed by atoms with Crippen molar-refractivity contribution in [1.29, 1.82) is 0 Å². The van der Waals surface area contributed by atoms with Gasteiger partial charge in [0.05, 0.1) is 0 Å². The van der Waals surface area contributed by atoms with Crippen molar-refractivity contribution in [2.45, 2.75) is 13.8 Å². The summed E-state index contributed by atoms with van der Waals surface area (Å²) in [7, 11) is 0. The Morgan fingerprint density at radius 3 is 2.56 bits per heavy atom. The first-order valence-electron chi connectivity index (χ1n) is 2.57. The van der Waals surface area contributed by atoms with Gasteiger partial charge in [0.15, 0.2) is 0 Å². The quantitative estimate of drug-likeness (QED) is 0.312. The Morgan fingerprint density at radius 2 is 2.22 bits per heavy atom. The van der Waals surface area contributed by atoms with Gasteiger partial charge in [-0.25, -0.2) is 0 Å². The molecule has 0 saturated carbocycles. The molecule has 0 heterocycles. The van der Waals surface area contributed by atoms with E-state index in [1.807, 2.05) is 0 Å². The van der Waals surface area contributed by atoms with Gasteiger partial charge in [0.1, 0.15) is 0 Å². The van der Waals surface area contributed by atoms with Gasteiger partial charge in [0.25, 0.3) is 0 Å². The van der Waals surface area contributed by atoms with E-state index >= 15 is 0 Å².